The summed E-state index contributed by atoms with van der Waals surface area (Å²) in [5.74, 6) is 0. The van der Waals surface area contributed by atoms with Crippen LogP contribution in [0.5, 0.6) is 0 Å². The van der Waals surface area contributed by atoms with Crippen LogP contribution in [0.1, 0.15) is 11.1 Å². The van der Waals surface area contributed by atoms with Crippen LogP contribution >= 0.6 is 0 Å². The van der Waals surface area contributed by atoms with Crippen LogP contribution in [0, 0.1) is 22.7 Å². The predicted molar refractivity (Wildman–Crippen MR) is 243 cm³/mol. The molecule has 274 valence electrons. The van der Waals surface area contributed by atoms with Crippen LogP contribution in [-0.4, -0.2) is 4.57 Å². The zero-order chi connectivity index (χ0) is 39.7. The molecule has 0 saturated heterocycles. The van der Waals surface area contributed by atoms with E-state index < -0.39 is 0 Å². The van der Waals surface area contributed by atoms with Gasteiger partial charge in [-0.2, -0.15) is 10.5 Å². The lowest BCUT2D eigenvalue weighted by Crippen LogP contribution is -1.95. The van der Waals surface area contributed by atoms with E-state index in [0.717, 1.165) is 94.3 Å². The Kier molecular flexibility index (Phi) is 8.96. The fourth-order valence-electron chi connectivity index (χ4n) is 8.47. The first-order valence-corrected chi connectivity index (χ1v) is 19.7. The van der Waals surface area contributed by atoms with Gasteiger partial charge < -0.3 is 4.57 Å². The van der Waals surface area contributed by atoms with Gasteiger partial charge in [0.25, 0.3) is 0 Å². The Hall–Kier alpha value is -8.24. The molecular formula is C56H35N3. The van der Waals surface area contributed by atoms with E-state index in [0.29, 0.717) is 11.1 Å². The molecule has 0 fully saturated rings. The number of fused-ring (bicyclic) bond motifs is 3. The van der Waals surface area contributed by atoms with E-state index in [4.69, 9.17) is 0 Å². The van der Waals surface area contributed by atoms with E-state index in [1.165, 1.54) is 0 Å². The molecule has 3 heteroatoms. The van der Waals surface area contributed by atoms with Crippen LogP contribution in [0.4, 0.5) is 0 Å². The van der Waals surface area contributed by atoms with E-state index in [2.05, 4.69) is 150 Å². The summed E-state index contributed by atoms with van der Waals surface area (Å²) in [6, 6.07) is 78.5. The maximum atomic E-state index is 10.6. The first-order chi connectivity index (χ1) is 29.2. The number of nitrogens with zero attached hydrogens (tertiary/aromatic N) is 3. The quantitative estimate of drug-likeness (QED) is 0.163. The van der Waals surface area contributed by atoms with E-state index in [1.807, 2.05) is 78.9 Å². The third kappa shape index (κ3) is 6.34. The number of benzene rings is 9. The number of aromatic nitrogens is 1. The monoisotopic (exact) mass is 749 g/mol. The highest BCUT2D eigenvalue weighted by Gasteiger charge is 2.20. The molecule has 59 heavy (non-hydrogen) atoms. The second kappa shape index (κ2) is 15.0. The second-order valence-electron chi connectivity index (χ2n) is 14.7. The van der Waals surface area contributed by atoms with Gasteiger partial charge in [0, 0.05) is 38.7 Å². The molecule has 9 aromatic carbocycles. The molecule has 0 saturated carbocycles. The van der Waals surface area contributed by atoms with E-state index in [-0.39, 0.29) is 0 Å². The molecule has 0 aliphatic heterocycles. The van der Waals surface area contributed by atoms with E-state index in [9.17, 15) is 10.5 Å². The molecule has 10 aromatic rings. The van der Waals surface area contributed by atoms with E-state index in [1.54, 1.807) is 0 Å². The van der Waals surface area contributed by atoms with Crippen LogP contribution in [0.2, 0.25) is 0 Å². The number of para-hydroxylation sites is 1. The highest BCUT2D eigenvalue weighted by Crippen LogP contribution is 2.42. The van der Waals surface area contributed by atoms with Crippen molar-refractivity contribution in [3.05, 3.63) is 223 Å². The topological polar surface area (TPSA) is 52.5 Å². The SMILES string of the molecule is N#Cc1c(-c2ccccc2)cc(-c2ccc3c4ccc(-c5cc(-c6ccccc6)c(C#N)c(-c6ccccc6)c5)cc4n(-c4ccccc4)c3c2)cc1-c1ccccc1. The van der Waals surface area contributed by atoms with Gasteiger partial charge in [-0.3, -0.25) is 0 Å². The van der Waals surface area contributed by atoms with Gasteiger partial charge in [-0.05, 0) is 93.0 Å². The minimum atomic E-state index is 0.659. The fourth-order valence-corrected chi connectivity index (χ4v) is 8.47. The van der Waals surface area contributed by atoms with Crippen molar-refractivity contribution in [1.82, 2.24) is 4.57 Å². The molecule has 0 radical (unpaired) electrons. The number of rotatable bonds is 7. The van der Waals surface area contributed by atoms with Gasteiger partial charge in [-0.1, -0.05) is 164 Å². The van der Waals surface area contributed by atoms with Crippen LogP contribution in [0.3, 0.4) is 0 Å². The Morgan fingerprint density at radius 1 is 0.288 bits per heavy atom. The Balaban J connectivity index is 1.21. The standard InChI is InChI=1S/C56H35N3/c57-36-53-49(38-16-6-1-7-17-38)30-44(31-50(53)39-18-8-2-9-19-39)42-26-28-47-48-29-27-43(35-56(48)59(55(47)34-42)46-24-14-5-15-25-46)45-32-51(40-20-10-3-11-21-40)54(37-58)52(33-45)41-22-12-4-13-23-41/h1-35H. The summed E-state index contributed by atoms with van der Waals surface area (Å²) in [4.78, 5) is 0. The van der Waals surface area contributed by atoms with E-state index >= 15 is 0 Å². The number of hydrogen-bond donors (Lipinski definition) is 0. The van der Waals surface area contributed by atoms with Gasteiger partial charge in [0.2, 0.25) is 0 Å². The molecule has 3 nitrogen and oxygen atoms in total. The summed E-state index contributed by atoms with van der Waals surface area (Å²) in [5, 5.41) is 23.4. The average Bonchev–Trinajstić information content (AvgIpc) is 3.65. The number of hydrogen-bond acceptors (Lipinski definition) is 2. The fraction of sp³-hybridized carbons (Fsp3) is 0. The van der Waals surface area contributed by atoms with Gasteiger partial charge in [0.1, 0.15) is 12.1 Å². The van der Waals surface area contributed by atoms with Crippen molar-refractivity contribution in [3.63, 3.8) is 0 Å². The zero-order valence-corrected chi connectivity index (χ0v) is 32.0. The predicted octanol–water partition coefficient (Wildman–Crippen LogP) is 14.5. The normalized spacial score (nSPS) is 11.0. The zero-order valence-electron chi connectivity index (χ0n) is 32.0. The van der Waals surface area contributed by atoms with Gasteiger partial charge in [0.15, 0.2) is 0 Å². The van der Waals surface area contributed by atoms with Crippen molar-refractivity contribution < 1.29 is 0 Å². The molecule has 0 N–H and O–H groups in total. The highest BCUT2D eigenvalue weighted by molar-refractivity contribution is 6.11. The van der Waals surface area contributed by atoms with Crippen molar-refractivity contribution in [1.29, 1.82) is 10.5 Å². The Bertz CT molecular complexity index is 2920. The van der Waals surface area contributed by atoms with Crippen molar-refractivity contribution in [2.45, 2.75) is 0 Å². The van der Waals surface area contributed by atoms with Gasteiger partial charge in [-0.15, -0.1) is 0 Å². The summed E-state index contributed by atoms with van der Waals surface area (Å²) in [6.45, 7) is 0. The molecule has 0 spiro atoms. The lowest BCUT2D eigenvalue weighted by atomic mass is 9.88. The van der Waals surface area contributed by atoms with Crippen molar-refractivity contribution in [2.24, 2.45) is 0 Å². The average molecular weight is 750 g/mol. The molecule has 0 atom stereocenters. The third-order valence-corrected chi connectivity index (χ3v) is 11.3. The van der Waals surface area contributed by atoms with Gasteiger partial charge in [0.05, 0.1) is 22.2 Å². The molecule has 0 aliphatic rings. The van der Waals surface area contributed by atoms with Crippen molar-refractivity contribution in [3.8, 4) is 84.6 Å². The Labute approximate surface area is 343 Å². The lowest BCUT2D eigenvalue weighted by Gasteiger charge is -2.15. The largest absolute Gasteiger partial charge is 0.309 e. The molecule has 0 amide bonds. The molecule has 0 aliphatic carbocycles. The van der Waals surface area contributed by atoms with Gasteiger partial charge >= 0.3 is 0 Å². The summed E-state index contributed by atoms with van der Waals surface area (Å²) in [7, 11) is 0. The Morgan fingerprint density at radius 3 is 0.898 bits per heavy atom. The molecule has 10 rings (SSSR count). The first-order valence-electron chi connectivity index (χ1n) is 19.7. The maximum absolute atomic E-state index is 10.6. The highest BCUT2D eigenvalue weighted by atomic mass is 15.0. The van der Waals surface area contributed by atoms with Gasteiger partial charge in [-0.25, -0.2) is 0 Å². The second-order valence-corrected chi connectivity index (χ2v) is 14.7. The summed E-state index contributed by atoms with van der Waals surface area (Å²) in [6.07, 6.45) is 0. The first kappa shape index (κ1) is 35.2. The summed E-state index contributed by atoms with van der Waals surface area (Å²) < 4.78 is 2.36. The summed E-state index contributed by atoms with van der Waals surface area (Å²) >= 11 is 0. The van der Waals surface area contributed by atoms with Crippen LogP contribution < -0.4 is 0 Å². The molecule has 0 bridgehead atoms. The van der Waals surface area contributed by atoms with Crippen LogP contribution in [0.15, 0.2) is 212 Å². The van der Waals surface area contributed by atoms with Crippen molar-refractivity contribution >= 4 is 21.8 Å². The van der Waals surface area contributed by atoms with Crippen LogP contribution in [0.25, 0.3) is 94.3 Å². The number of nitriles is 2. The smallest absolute Gasteiger partial charge is 0.100 e. The van der Waals surface area contributed by atoms with Crippen molar-refractivity contribution in [2.75, 3.05) is 0 Å². The van der Waals surface area contributed by atoms with Crippen LogP contribution in [-0.2, 0) is 0 Å². The molecule has 0 unspecified atom stereocenters. The minimum Gasteiger partial charge on any atom is -0.309 e. The molecular weight excluding hydrogens is 715 g/mol. The minimum absolute atomic E-state index is 0.659. The third-order valence-electron chi connectivity index (χ3n) is 11.3. The lowest BCUT2D eigenvalue weighted by molar-refractivity contribution is 1.18. The maximum Gasteiger partial charge on any atom is 0.100 e. The Morgan fingerprint density at radius 2 is 0.593 bits per heavy atom. The summed E-state index contributed by atoms with van der Waals surface area (Å²) in [5.41, 5.74) is 16.4. The molecule has 1 heterocycles. The molecule has 1 aromatic heterocycles.